The molecule has 0 atom stereocenters. The third kappa shape index (κ3) is 5.35. The average molecular weight is 306 g/mol. The lowest BCUT2D eigenvalue weighted by atomic mass is 10.2. The quantitative estimate of drug-likeness (QED) is 0.785. The number of carbonyl (C=O) groups is 1. The van der Waals surface area contributed by atoms with E-state index in [0.717, 1.165) is 6.07 Å². The van der Waals surface area contributed by atoms with E-state index < -0.39 is 17.3 Å². The summed E-state index contributed by atoms with van der Waals surface area (Å²) >= 11 is 5.42. The predicted octanol–water partition coefficient (Wildman–Crippen LogP) is 2.46. The van der Waals surface area contributed by atoms with Crippen molar-refractivity contribution < 1.29 is 23.9 Å². The predicted molar refractivity (Wildman–Crippen MR) is 75.3 cm³/mol. The molecule has 114 valence electrons. The molecular formula is C14H21ClFNO3. The van der Waals surface area contributed by atoms with Crippen LogP contribution in [0.3, 0.4) is 0 Å². The summed E-state index contributed by atoms with van der Waals surface area (Å²) in [5.41, 5.74) is -0.412. The summed E-state index contributed by atoms with van der Waals surface area (Å²) in [5.74, 6) is -2.07. The Kier molecular flexibility index (Phi) is 8.18. The Balaban J connectivity index is 0.000000396. The van der Waals surface area contributed by atoms with Gasteiger partial charge in [-0.3, -0.25) is 4.94 Å². The van der Waals surface area contributed by atoms with Crippen LogP contribution in [0, 0.1) is 0 Å². The van der Waals surface area contributed by atoms with Crippen LogP contribution in [0.15, 0.2) is 18.2 Å². The fourth-order valence-corrected chi connectivity index (χ4v) is 1.62. The lowest BCUT2D eigenvalue weighted by Gasteiger charge is -2.30. The summed E-state index contributed by atoms with van der Waals surface area (Å²) in [6.45, 7) is 10.5. The number of hydrogen-bond donors (Lipinski definition) is 0. The molecule has 0 N–H and O–H groups in total. The summed E-state index contributed by atoms with van der Waals surface area (Å²) in [5, 5.41) is 10.2. The number of quaternary nitrogens is 1. The minimum atomic E-state index is -1.54. The summed E-state index contributed by atoms with van der Waals surface area (Å²) in [4.78, 5) is 13.6. The van der Waals surface area contributed by atoms with E-state index in [2.05, 4.69) is 32.8 Å². The molecule has 6 heteroatoms. The Labute approximate surface area is 124 Å². The van der Waals surface area contributed by atoms with Gasteiger partial charge in [0.1, 0.15) is 0 Å². The number of para-hydroxylation sites is 1. The summed E-state index contributed by atoms with van der Waals surface area (Å²) < 4.78 is 12.9. The molecule has 0 bridgehead atoms. The number of aromatic carboxylic acids is 1. The van der Waals surface area contributed by atoms with Gasteiger partial charge >= 0.3 is 0 Å². The minimum Gasteiger partial charge on any atom is -0.545 e. The van der Waals surface area contributed by atoms with Crippen molar-refractivity contribution in [3.05, 3.63) is 28.8 Å². The molecule has 0 fully saturated rings. The van der Waals surface area contributed by atoms with Crippen molar-refractivity contribution in [2.24, 2.45) is 0 Å². The third-order valence-corrected chi connectivity index (χ3v) is 3.85. The molecule has 0 aliphatic carbocycles. The van der Waals surface area contributed by atoms with Gasteiger partial charge in [-0.1, -0.05) is 17.7 Å². The Morgan fingerprint density at radius 3 is 2.05 bits per heavy atom. The van der Waals surface area contributed by atoms with Crippen molar-refractivity contribution in [3.8, 4) is 5.75 Å². The molecule has 1 aromatic rings. The van der Waals surface area contributed by atoms with Crippen molar-refractivity contribution in [1.82, 2.24) is 0 Å². The van der Waals surface area contributed by atoms with Crippen LogP contribution in [0.25, 0.3) is 0 Å². The molecule has 0 saturated heterocycles. The van der Waals surface area contributed by atoms with E-state index in [4.69, 9.17) is 11.6 Å². The van der Waals surface area contributed by atoms with Crippen LogP contribution in [-0.4, -0.2) is 37.1 Å². The summed E-state index contributed by atoms with van der Waals surface area (Å²) in [7, 11) is 2.29. The number of hydrogen-bond acceptors (Lipinski definition) is 3. The van der Waals surface area contributed by atoms with E-state index >= 15 is 0 Å². The number of carboxylic acids is 1. The van der Waals surface area contributed by atoms with Crippen LogP contribution in [0.5, 0.6) is 5.75 Å². The lowest BCUT2D eigenvalue weighted by molar-refractivity contribution is -0.904. The molecule has 0 heterocycles. The van der Waals surface area contributed by atoms with Crippen molar-refractivity contribution in [2.75, 3.05) is 26.7 Å². The van der Waals surface area contributed by atoms with Gasteiger partial charge in [0.2, 0.25) is 0 Å². The molecule has 0 aliphatic heterocycles. The molecule has 0 amide bonds. The van der Waals surface area contributed by atoms with Gasteiger partial charge in [0.25, 0.3) is 0 Å². The van der Waals surface area contributed by atoms with Gasteiger partial charge < -0.3 is 14.4 Å². The van der Waals surface area contributed by atoms with Crippen molar-refractivity contribution in [1.29, 1.82) is 0 Å². The molecule has 4 nitrogen and oxygen atoms in total. The molecule has 1 aromatic carbocycles. The van der Waals surface area contributed by atoms with Crippen LogP contribution in [0.4, 0.5) is 4.53 Å². The van der Waals surface area contributed by atoms with E-state index in [-0.39, 0.29) is 5.02 Å². The van der Waals surface area contributed by atoms with E-state index in [1.165, 1.54) is 36.3 Å². The first kappa shape index (κ1) is 18.7. The average Bonchev–Trinajstić information content (AvgIpc) is 2.46. The maximum Gasteiger partial charge on any atom is 0.199 e. The van der Waals surface area contributed by atoms with Crippen LogP contribution < -0.4 is 10.0 Å². The normalized spacial score (nSPS) is 10.5. The van der Waals surface area contributed by atoms with E-state index in [0.29, 0.717) is 0 Å². The minimum absolute atomic E-state index is 0.112. The van der Waals surface area contributed by atoms with E-state index in [9.17, 15) is 14.4 Å². The standard InChI is InChI=1S/C7H4ClFO3.C7H18N/c8-5-3-1-2-4(7(10)11)6(5)12-9;1-5-8(4,6-2)7-3/h1-3H,(H,10,11);5-7H2,1-4H3/q;+1/p-1. The Hall–Kier alpha value is -1.33. The highest BCUT2D eigenvalue weighted by molar-refractivity contribution is 6.32. The first-order valence-corrected chi connectivity index (χ1v) is 6.84. The van der Waals surface area contributed by atoms with Crippen LogP contribution in [-0.2, 0) is 0 Å². The van der Waals surface area contributed by atoms with Gasteiger partial charge in [-0.25, -0.2) is 0 Å². The Bertz CT molecular complexity index is 428. The molecule has 0 aromatic heterocycles. The van der Waals surface area contributed by atoms with Gasteiger partial charge in [0.05, 0.1) is 37.7 Å². The van der Waals surface area contributed by atoms with Crippen molar-refractivity contribution in [3.63, 3.8) is 0 Å². The summed E-state index contributed by atoms with van der Waals surface area (Å²) in [6, 6.07) is 3.80. The molecule has 1 rings (SSSR count). The second-order valence-corrected chi connectivity index (χ2v) is 4.96. The lowest BCUT2D eigenvalue weighted by Crippen LogP contribution is -2.42. The largest absolute Gasteiger partial charge is 0.545 e. The number of nitrogens with zero attached hydrogens (tertiary/aromatic N) is 1. The fourth-order valence-electron chi connectivity index (χ4n) is 1.42. The maximum atomic E-state index is 11.7. The molecule has 0 radical (unpaired) electrons. The highest BCUT2D eigenvalue weighted by atomic mass is 35.5. The molecule has 0 saturated carbocycles. The smallest absolute Gasteiger partial charge is 0.199 e. The molecule has 0 unspecified atom stereocenters. The Morgan fingerprint density at radius 1 is 1.30 bits per heavy atom. The van der Waals surface area contributed by atoms with Crippen LogP contribution in [0.1, 0.15) is 31.1 Å². The first-order valence-electron chi connectivity index (χ1n) is 6.47. The molecule has 0 spiro atoms. The topological polar surface area (TPSA) is 49.4 Å². The second kappa shape index (κ2) is 8.76. The van der Waals surface area contributed by atoms with Gasteiger partial charge in [-0.15, -0.1) is 0 Å². The first-order chi connectivity index (χ1) is 9.35. The highest BCUT2D eigenvalue weighted by Gasteiger charge is 2.11. The van der Waals surface area contributed by atoms with Gasteiger partial charge in [0, 0.05) is 10.1 Å². The zero-order chi connectivity index (χ0) is 15.8. The van der Waals surface area contributed by atoms with Crippen LogP contribution >= 0.6 is 11.6 Å². The number of carboxylic acid groups (broad SMARTS) is 1. The van der Waals surface area contributed by atoms with Gasteiger partial charge in [-0.2, -0.15) is 0 Å². The zero-order valence-electron chi connectivity index (χ0n) is 12.3. The number of rotatable bonds is 5. The zero-order valence-corrected chi connectivity index (χ0v) is 13.0. The SMILES string of the molecule is CC[N+](C)(CC)CC.O=C([O-])c1cccc(Cl)c1OF. The summed E-state index contributed by atoms with van der Waals surface area (Å²) in [6.07, 6.45) is 0. The monoisotopic (exact) mass is 305 g/mol. The van der Waals surface area contributed by atoms with Crippen molar-refractivity contribution in [2.45, 2.75) is 20.8 Å². The number of halogens is 2. The van der Waals surface area contributed by atoms with E-state index in [1.54, 1.807) is 0 Å². The van der Waals surface area contributed by atoms with Crippen LogP contribution in [0.2, 0.25) is 5.02 Å². The fraction of sp³-hybridized carbons (Fsp3) is 0.500. The van der Waals surface area contributed by atoms with Crippen molar-refractivity contribution >= 4 is 17.6 Å². The van der Waals surface area contributed by atoms with Gasteiger partial charge in [0.15, 0.2) is 5.75 Å². The highest BCUT2D eigenvalue weighted by Crippen LogP contribution is 2.28. The van der Waals surface area contributed by atoms with Gasteiger partial charge in [-0.05, 0) is 32.9 Å². The number of benzene rings is 1. The third-order valence-electron chi connectivity index (χ3n) is 3.55. The maximum absolute atomic E-state index is 11.7. The molecule has 20 heavy (non-hydrogen) atoms. The molecule has 0 aliphatic rings. The second-order valence-electron chi connectivity index (χ2n) is 4.55. The number of carbonyl (C=O) groups excluding carboxylic acids is 1. The van der Waals surface area contributed by atoms with E-state index in [1.807, 2.05) is 0 Å². The Morgan fingerprint density at radius 2 is 1.80 bits per heavy atom. The molecular weight excluding hydrogens is 285 g/mol.